The van der Waals surface area contributed by atoms with Crippen LogP contribution in [-0.2, 0) is 23.0 Å². The lowest BCUT2D eigenvalue weighted by Gasteiger charge is -2.25. The van der Waals surface area contributed by atoms with Gasteiger partial charge in [0.15, 0.2) is 0 Å². The number of anilines is 1. The van der Waals surface area contributed by atoms with Gasteiger partial charge in [0.2, 0.25) is 11.8 Å². The van der Waals surface area contributed by atoms with Gasteiger partial charge in [-0.25, -0.2) is 14.5 Å². The molecule has 4 rings (SSSR count). The highest BCUT2D eigenvalue weighted by atomic mass is 31.1. The topological polar surface area (TPSA) is 85.4 Å². The van der Waals surface area contributed by atoms with E-state index in [0.29, 0.717) is 5.56 Å². The summed E-state index contributed by atoms with van der Waals surface area (Å²) < 4.78 is 77.8. The summed E-state index contributed by atoms with van der Waals surface area (Å²) in [6.07, 6.45) is -0.426. The van der Waals surface area contributed by atoms with Crippen LogP contribution in [0.2, 0.25) is 0 Å². The van der Waals surface area contributed by atoms with E-state index in [4.69, 9.17) is 9.05 Å². The predicted octanol–water partition coefficient (Wildman–Crippen LogP) is 3.43. The third-order valence-electron chi connectivity index (χ3n) is 4.31. The lowest BCUT2D eigenvalue weighted by Crippen LogP contribution is -2.37. The second kappa shape index (κ2) is 6.89. The zero-order valence-corrected chi connectivity index (χ0v) is 15.3. The molecule has 4 heterocycles. The number of hydrogen-bond acceptors (Lipinski definition) is 7. The molecule has 2 aliphatic rings. The number of pyridine rings is 2. The predicted molar refractivity (Wildman–Crippen MR) is 91.3 cm³/mol. The molecular formula is C16H15F4N4O3P. The van der Waals surface area contributed by atoms with E-state index in [1.807, 2.05) is 0 Å². The van der Waals surface area contributed by atoms with Crippen molar-refractivity contribution in [2.24, 2.45) is 0 Å². The largest absolute Gasteiger partial charge is 0.421 e. The average Bonchev–Trinajstić information content (AvgIpc) is 2.62. The van der Waals surface area contributed by atoms with Crippen molar-refractivity contribution in [1.82, 2.24) is 15.3 Å². The average molecular weight is 418 g/mol. The van der Waals surface area contributed by atoms with Gasteiger partial charge >= 0.3 is 14.2 Å². The molecule has 28 heavy (non-hydrogen) atoms. The Bertz CT molecular complexity index is 871. The van der Waals surface area contributed by atoms with E-state index in [0.717, 1.165) is 0 Å². The van der Waals surface area contributed by atoms with Gasteiger partial charge in [-0.2, -0.15) is 17.6 Å². The van der Waals surface area contributed by atoms with Crippen molar-refractivity contribution in [2.75, 3.05) is 18.4 Å². The van der Waals surface area contributed by atoms with Crippen molar-refractivity contribution in [3.05, 3.63) is 41.2 Å². The summed E-state index contributed by atoms with van der Waals surface area (Å²) in [6.45, 7) is -0.236. The van der Waals surface area contributed by atoms with Crippen LogP contribution < -0.4 is 19.7 Å². The molecule has 2 N–H and O–H groups in total. The van der Waals surface area contributed by atoms with E-state index < -0.39 is 44.5 Å². The molecule has 2 aliphatic heterocycles. The molecule has 0 aliphatic carbocycles. The van der Waals surface area contributed by atoms with Gasteiger partial charge in [0, 0.05) is 31.6 Å². The smallest absolute Gasteiger partial charge is 0.399 e. The number of halogens is 4. The summed E-state index contributed by atoms with van der Waals surface area (Å²) in [5, 5.41) is 5.36. The van der Waals surface area contributed by atoms with Crippen LogP contribution in [0.15, 0.2) is 24.3 Å². The number of rotatable bonds is 4. The van der Waals surface area contributed by atoms with Gasteiger partial charge in [-0.15, -0.1) is 0 Å². The minimum atomic E-state index is -3.32. The molecule has 150 valence electrons. The van der Waals surface area contributed by atoms with Gasteiger partial charge in [0.05, 0.1) is 12.2 Å². The monoisotopic (exact) mass is 418 g/mol. The molecular weight excluding hydrogens is 403 g/mol. The number of fused-ring (bicyclic) bond motifs is 2. The summed E-state index contributed by atoms with van der Waals surface area (Å²) >= 11 is 0. The highest BCUT2D eigenvalue weighted by molar-refractivity contribution is 7.34. The van der Waals surface area contributed by atoms with Crippen molar-refractivity contribution >= 4 is 13.9 Å². The minimum Gasteiger partial charge on any atom is -0.399 e. The Balaban J connectivity index is 1.50. The highest BCUT2D eigenvalue weighted by Gasteiger charge is 2.40. The van der Waals surface area contributed by atoms with Gasteiger partial charge in [-0.05, 0) is 11.6 Å². The van der Waals surface area contributed by atoms with Crippen molar-refractivity contribution in [3.63, 3.8) is 0 Å². The molecule has 1 unspecified atom stereocenters. The molecule has 0 spiro atoms. The van der Waals surface area contributed by atoms with E-state index in [9.17, 15) is 22.1 Å². The Morgan fingerprint density at radius 2 is 1.64 bits per heavy atom. The quantitative estimate of drug-likeness (QED) is 0.581. The van der Waals surface area contributed by atoms with Crippen LogP contribution >= 0.6 is 8.25 Å². The van der Waals surface area contributed by atoms with Crippen LogP contribution in [0.25, 0.3) is 0 Å². The lowest BCUT2D eigenvalue weighted by molar-refractivity contribution is -0.0171. The van der Waals surface area contributed by atoms with E-state index in [2.05, 4.69) is 20.6 Å². The summed E-state index contributed by atoms with van der Waals surface area (Å²) in [5.74, 6) is -6.97. The molecule has 1 atom stereocenters. The Morgan fingerprint density at radius 3 is 2.39 bits per heavy atom. The Kier molecular flexibility index (Phi) is 4.67. The number of aromatic nitrogens is 2. The zero-order chi connectivity index (χ0) is 19.9. The SMILES string of the molecule is O=[PH](Oc1ccc2c(n1)C(F)(F)CNC2)Oc1ccc2c(n1)C(F)(F)CCN2. The fourth-order valence-corrected chi connectivity index (χ4v) is 3.62. The van der Waals surface area contributed by atoms with Crippen LogP contribution in [0.4, 0.5) is 23.2 Å². The number of alkyl halides is 4. The number of nitrogens with zero attached hydrogens (tertiary/aromatic N) is 2. The van der Waals surface area contributed by atoms with E-state index in [-0.39, 0.29) is 30.5 Å². The van der Waals surface area contributed by atoms with E-state index in [1.54, 1.807) is 0 Å². The van der Waals surface area contributed by atoms with Gasteiger partial charge in [-0.3, -0.25) is 0 Å². The maximum Gasteiger partial charge on any atom is 0.421 e. The standard InChI is InChI=1S/C16H15F4N4O3P/c17-15(18)5-6-22-10-2-4-12(24-14(10)15)27-28(25)26-11-3-1-9-7-21-8-16(19,20)13(9)23-11/h1-4,21-22,28H,5-8H2. The Labute approximate surface area is 157 Å². The number of nitrogens with one attached hydrogen (secondary N) is 2. The molecule has 12 heteroatoms. The zero-order valence-electron chi connectivity index (χ0n) is 14.3. The van der Waals surface area contributed by atoms with Crippen LogP contribution in [0, 0.1) is 0 Å². The normalized spacial score (nSPS) is 20.3. The van der Waals surface area contributed by atoms with Crippen LogP contribution in [0.3, 0.4) is 0 Å². The summed E-state index contributed by atoms with van der Waals surface area (Å²) in [6, 6.07) is 5.27. The second-order valence-electron chi connectivity index (χ2n) is 6.35. The molecule has 2 aromatic heterocycles. The minimum absolute atomic E-state index is 0.103. The first-order valence-electron chi connectivity index (χ1n) is 8.36. The lowest BCUT2D eigenvalue weighted by atomic mass is 10.0. The van der Waals surface area contributed by atoms with E-state index in [1.165, 1.54) is 24.3 Å². The molecule has 0 fully saturated rings. The third-order valence-corrected chi connectivity index (χ3v) is 5.06. The fraction of sp³-hybridized carbons (Fsp3) is 0.375. The Morgan fingerprint density at radius 1 is 0.964 bits per heavy atom. The van der Waals surface area contributed by atoms with Gasteiger partial charge < -0.3 is 19.7 Å². The second-order valence-corrected chi connectivity index (χ2v) is 7.25. The number of hydrogen-bond donors (Lipinski definition) is 2. The fourth-order valence-electron chi connectivity index (χ4n) is 3.01. The summed E-state index contributed by atoms with van der Waals surface area (Å²) in [5.41, 5.74) is -0.507. The summed E-state index contributed by atoms with van der Waals surface area (Å²) in [7, 11) is -3.32. The molecule has 0 amide bonds. The van der Waals surface area contributed by atoms with Crippen molar-refractivity contribution < 1.29 is 31.2 Å². The molecule has 0 saturated carbocycles. The maximum atomic E-state index is 13.9. The Hall–Kier alpha value is -2.39. The van der Waals surface area contributed by atoms with E-state index >= 15 is 0 Å². The van der Waals surface area contributed by atoms with Gasteiger partial charge in [0.25, 0.3) is 5.92 Å². The molecule has 0 aromatic carbocycles. The van der Waals surface area contributed by atoms with Crippen molar-refractivity contribution in [1.29, 1.82) is 0 Å². The van der Waals surface area contributed by atoms with Crippen molar-refractivity contribution in [3.8, 4) is 11.8 Å². The maximum absolute atomic E-state index is 13.9. The first-order valence-corrected chi connectivity index (χ1v) is 9.59. The molecule has 2 aromatic rings. The molecule has 0 bridgehead atoms. The first kappa shape index (κ1) is 18.9. The molecule has 0 radical (unpaired) electrons. The van der Waals surface area contributed by atoms with Crippen LogP contribution in [-0.4, -0.2) is 23.1 Å². The molecule has 7 nitrogen and oxygen atoms in total. The first-order chi connectivity index (χ1) is 13.2. The van der Waals surface area contributed by atoms with Gasteiger partial charge in [0.1, 0.15) is 11.4 Å². The van der Waals surface area contributed by atoms with Crippen LogP contribution in [0.5, 0.6) is 11.8 Å². The summed E-state index contributed by atoms with van der Waals surface area (Å²) in [4.78, 5) is 7.43. The van der Waals surface area contributed by atoms with Crippen LogP contribution in [0.1, 0.15) is 23.4 Å². The third kappa shape index (κ3) is 3.64. The molecule has 0 saturated heterocycles. The highest BCUT2D eigenvalue weighted by Crippen LogP contribution is 2.40. The van der Waals surface area contributed by atoms with Crippen molar-refractivity contribution in [2.45, 2.75) is 24.8 Å². The van der Waals surface area contributed by atoms with Gasteiger partial charge in [-0.1, -0.05) is 6.07 Å².